The summed E-state index contributed by atoms with van der Waals surface area (Å²) in [5, 5.41) is 14.8. The van der Waals surface area contributed by atoms with E-state index >= 15 is 0 Å². The number of methoxy groups -OCH3 is 1. The molecule has 0 saturated carbocycles. The minimum Gasteiger partial charge on any atom is -0.497 e. The van der Waals surface area contributed by atoms with Crippen molar-refractivity contribution in [1.82, 2.24) is 5.32 Å². The molecular weight excluding hydrogens is 476 g/mol. The molecule has 0 fully saturated rings. The van der Waals surface area contributed by atoms with E-state index in [1.807, 2.05) is 31.2 Å². The minimum absolute atomic E-state index is 0.0529. The molecular formula is C28H30N2O7. The number of Topliss-reactive ketones (excluding diaryl/α,β-unsaturated/α-hetero) is 1. The zero-order valence-electron chi connectivity index (χ0n) is 21.1. The van der Waals surface area contributed by atoms with Crippen molar-refractivity contribution in [1.29, 1.82) is 0 Å². The predicted molar refractivity (Wildman–Crippen MR) is 136 cm³/mol. The lowest BCUT2D eigenvalue weighted by atomic mass is 9.71. The number of nitrogens with zero attached hydrogens (tertiary/aromatic N) is 1. The molecule has 2 aromatic carbocycles. The summed E-state index contributed by atoms with van der Waals surface area (Å²) in [6.07, 6.45) is 0.812. The Morgan fingerprint density at radius 3 is 2.54 bits per heavy atom. The van der Waals surface area contributed by atoms with Crippen molar-refractivity contribution in [2.24, 2.45) is 0 Å². The first-order valence-corrected chi connectivity index (χ1v) is 12.2. The van der Waals surface area contributed by atoms with E-state index in [0.29, 0.717) is 29.9 Å². The molecule has 0 amide bonds. The highest BCUT2D eigenvalue weighted by molar-refractivity contribution is 6.04. The van der Waals surface area contributed by atoms with Crippen molar-refractivity contribution >= 4 is 17.4 Å². The van der Waals surface area contributed by atoms with E-state index in [4.69, 9.17) is 14.2 Å². The number of ketones is 1. The van der Waals surface area contributed by atoms with Crippen LogP contribution >= 0.6 is 0 Å². The number of nitro groups is 1. The van der Waals surface area contributed by atoms with Crippen LogP contribution < -0.4 is 10.1 Å². The molecule has 194 valence electrons. The standard InChI is InChI=1S/C28H30N2O7/c1-4-36-12-13-37-28(32)25-17(2)29-23-15-20(18-8-10-22(35-3)11-9-18)16-24(31)27(23)26(25)19-6-5-7-21(14-19)30(33)34/h5-11,14,20,26,29H,4,12-13,15-16H2,1-3H3/t20-,26+/m1/s1. The van der Waals surface area contributed by atoms with Gasteiger partial charge in [0.05, 0.1) is 24.2 Å². The van der Waals surface area contributed by atoms with Crippen molar-refractivity contribution in [2.75, 3.05) is 26.9 Å². The Hall–Kier alpha value is -3.98. The molecule has 9 nitrogen and oxygen atoms in total. The molecule has 2 atom stereocenters. The van der Waals surface area contributed by atoms with Crippen LogP contribution in [0.1, 0.15) is 49.7 Å². The smallest absolute Gasteiger partial charge is 0.336 e. The van der Waals surface area contributed by atoms with Crippen LogP contribution in [0.15, 0.2) is 71.1 Å². The summed E-state index contributed by atoms with van der Waals surface area (Å²) in [7, 11) is 1.60. The summed E-state index contributed by atoms with van der Waals surface area (Å²) >= 11 is 0. The van der Waals surface area contributed by atoms with Gasteiger partial charge in [0.2, 0.25) is 0 Å². The fraction of sp³-hybridized carbons (Fsp3) is 0.357. The lowest BCUT2D eigenvalue weighted by Crippen LogP contribution is -2.36. The quantitative estimate of drug-likeness (QED) is 0.228. The van der Waals surface area contributed by atoms with Gasteiger partial charge in [0.15, 0.2) is 5.78 Å². The first kappa shape index (κ1) is 26.1. The maximum absolute atomic E-state index is 13.7. The van der Waals surface area contributed by atoms with E-state index < -0.39 is 16.8 Å². The molecule has 0 bridgehead atoms. The van der Waals surface area contributed by atoms with Gasteiger partial charge >= 0.3 is 5.97 Å². The van der Waals surface area contributed by atoms with Gasteiger partial charge in [-0.1, -0.05) is 24.3 Å². The zero-order valence-corrected chi connectivity index (χ0v) is 21.1. The molecule has 1 aliphatic carbocycles. The van der Waals surface area contributed by atoms with E-state index in [1.165, 1.54) is 12.1 Å². The summed E-state index contributed by atoms with van der Waals surface area (Å²) in [5.41, 5.74) is 3.39. The Balaban J connectivity index is 1.73. The normalized spacial score (nSPS) is 19.3. The second-order valence-electron chi connectivity index (χ2n) is 8.98. The number of ether oxygens (including phenoxy) is 3. The molecule has 1 aliphatic heterocycles. The molecule has 1 N–H and O–H groups in total. The number of benzene rings is 2. The molecule has 0 saturated heterocycles. The van der Waals surface area contributed by atoms with Gasteiger partial charge in [-0.05, 0) is 49.4 Å². The number of non-ortho nitro benzene ring substituents is 1. The number of esters is 1. The van der Waals surface area contributed by atoms with Crippen LogP contribution in [0.2, 0.25) is 0 Å². The Labute approximate surface area is 215 Å². The number of nitro benzene ring substituents is 1. The van der Waals surface area contributed by atoms with Gasteiger partial charge in [-0.25, -0.2) is 4.79 Å². The summed E-state index contributed by atoms with van der Waals surface area (Å²) in [4.78, 5) is 37.9. The summed E-state index contributed by atoms with van der Waals surface area (Å²) in [6, 6.07) is 13.7. The van der Waals surface area contributed by atoms with Gasteiger partial charge in [0.25, 0.3) is 5.69 Å². The second-order valence-corrected chi connectivity index (χ2v) is 8.98. The van der Waals surface area contributed by atoms with Crippen LogP contribution in [0.25, 0.3) is 0 Å². The van der Waals surface area contributed by atoms with Crippen LogP contribution in [-0.2, 0) is 19.1 Å². The third kappa shape index (κ3) is 5.56. The van der Waals surface area contributed by atoms with Crippen LogP contribution in [-0.4, -0.2) is 43.6 Å². The van der Waals surface area contributed by atoms with E-state index in [2.05, 4.69) is 5.32 Å². The Morgan fingerprint density at radius 2 is 1.86 bits per heavy atom. The molecule has 0 aromatic heterocycles. The molecule has 9 heteroatoms. The molecule has 37 heavy (non-hydrogen) atoms. The van der Waals surface area contributed by atoms with Gasteiger partial charge < -0.3 is 19.5 Å². The van der Waals surface area contributed by atoms with E-state index in [0.717, 1.165) is 17.0 Å². The average molecular weight is 507 g/mol. The summed E-state index contributed by atoms with van der Waals surface area (Å²) in [6.45, 7) is 4.41. The van der Waals surface area contributed by atoms with Gasteiger partial charge in [0.1, 0.15) is 12.4 Å². The highest BCUT2D eigenvalue weighted by Gasteiger charge is 2.41. The monoisotopic (exact) mass is 506 g/mol. The molecule has 0 radical (unpaired) electrons. The highest BCUT2D eigenvalue weighted by atomic mass is 16.6. The number of allylic oxidation sites excluding steroid dienone is 3. The largest absolute Gasteiger partial charge is 0.497 e. The second kappa shape index (κ2) is 11.4. The number of hydrogen-bond acceptors (Lipinski definition) is 8. The van der Waals surface area contributed by atoms with Gasteiger partial charge in [-0.3, -0.25) is 14.9 Å². The molecule has 0 spiro atoms. The van der Waals surface area contributed by atoms with E-state index in [-0.39, 0.29) is 42.6 Å². The Bertz CT molecular complexity index is 1260. The first-order chi connectivity index (χ1) is 17.8. The number of nitrogens with one attached hydrogen (secondary N) is 1. The average Bonchev–Trinajstić information content (AvgIpc) is 2.90. The van der Waals surface area contributed by atoms with Crippen LogP contribution in [0.5, 0.6) is 5.75 Å². The van der Waals surface area contributed by atoms with Gasteiger partial charge in [-0.15, -0.1) is 0 Å². The van der Waals surface area contributed by atoms with Crippen molar-refractivity contribution in [3.63, 3.8) is 0 Å². The third-order valence-corrected chi connectivity index (χ3v) is 6.71. The number of dihydropyridines is 1. The van der Waals surface area contributed by atoms with Crippen LogP contribution in [0, 0.1) is 10.1 Å². The molecule has 4 rings (SSSR count). The number of carbonyl (C=O) groups is 2. The van der Waals surface area contributed by atoms with Crippen molar-refractivity contribution in [2.45, 2.75) is 38.5 Å². The van der Waals surface area contributed by atoms with Crippen LogP contribution in [0.4, 0.5) is 5.69 Å². The van der Waals surface area contributed by atoms with Crippen molar-refractivity contribution < 1.29 is 28.7 Å². The highest BCUT2D eigenvalue weighted by Crippen LogP contribution is 2.46. The van der Waals surface area contributed by atoms with Crippen molar-refractivity contribution in [3.05, 3.63) is 92.3 Å². The first-order valence-electron chi connectivity index (χ1n) is 12.2. The maximum Gasteiger partial charge on any atom is 0.336 e. The summed E-state index contributed by atoms with van der Waals surface area (Å²) < 4.78 is 16.0. The predicted octanol–water partition coefficient (Wildman–Crippen LogP) is 4.54. The van der Waals surface area contributed by atoms with Crippen molar-refractivity contribution in [3.8, 4) is 5.75 Å². The zero-order chi connectivity index (χ0) is 26.5. The molecule has 0 unspecified atom stereocenters. The maximum atomic E-state index is 13.7. The Kier molecular flexibility index (Phi) is 8.03. The lowest BCUT2D eigenvalue weighted by Gasteiger charge is -2.36. The SMILES string of the molecule is CCOCCOC(=O)C1=C(C)NC2=C(C(=O)C[C@H](c3ccc(OC)cc3)C2)[C@H]1c1cccc([N+](=O)[O-])c1. The summed E-state index contributed by atoms with van der Waals surface area (Å²) in [5.74, 6) is -0.794. The van der Waals surface area contributed by atoms with Gasteiger partial charge in [0, 0.05) is 48.0 Å². The minimum atomic E-state index is -0.778. The fourth-order valence-electron chi connectivity index (χ4n) is 4.99. The molecule has 2 aliphatic rings. The third-order valence-electron chi connectivity index (χ3n) is 6.71. The van der Waals surface area contributed by atoms with Crippen LogP contribution in [0.3, 0.4) is 0 Å². The Morgan fingerprint density at radius 1 is 1.11 bits per heavy atom. The van der Waals surface area contributed by atoms with E-state index in [1.54, 1.807) is 26.2 Å². The lowest BCUT2D eigenvalue weighted by molar-refractivity contribution is -0.384. The van der Waals surface area contributed by atoms with E-state index in [9.17, 15) is 19.7 Å². The van der Waals surface area contributed by atoms with Gasteiger partial charge in [-0.2, -0.15) is 0 Å². The molecule has 2 aromatic rings. The fourth-order valence-corrected chi connectivity index (χ4v) is 4.99. The number of carbonyl (C=O) groups excluding carboxylic acids is 2. The number of hydrogen-bond donors (Lipinski definition) is 1. The topological polar surface area (TPSA) is 117 Å². The number of rotatable bonds is 9. The molecule has 1 heterocycles.